The molecule has 1 atom stereocenters. The van der Waals surface area contributed by atoms with Crippen LogP contribution in [0.5, 0.6) is 0 Å². The van der Waals surface area contributed by atoms with E-state index in [4.69, 9.17) is 9.47 Å². The number of unbranched alkanes of at least 4 members (excludes halogenated alkanes) is 23. The molecule has 232 valence electrons. The van der Waals surface area contributed by atoms with E-state index in [1.165, 1.54) is 122 Å². The van der Waals surface area contributed by atoms with Crippen LogP contribution in [0.15, 0.2) is 0 Å². The maximum Gasteiger partial charge on any atom is 0.306 e. The third-order valence-corrected chi connectivity index (χ3v) is 7.65. The number of aliphatic hydroxyl groups excluding tert-OH is 1. The zero-order valence-corrected chi connectivity index (χ0v) is 26.2. The Kier molecular flexibility index (Phi) is 30.5. The van der Waals surface area contributed by atoms with Crippen LogP contribution in [0.4, 0.5) is 0 Å². The van der Waals surface area contributed by atoms with E-state index in [0.717, 1.165) is 38.5 Å². The van der Waals surface area contributed by atoms with Crippen LogP contribution in [-0.4, -0.2) is 36.4 Å². The molecule has 0 aromatic heterocycles. The summed E-state index contributed by atoms with van der Waals surface area (Å²) >= 11 is 0. The molecule has 0 aromatic carbocycles. The van der Waals surface area contributed by atoms with Gasteiger partial charge in [0, 0.05) is 12.8 Å². The van der Waals surface area contributed by atoms with Crippen LogP contribution in [0.1, 0.15) is 187 Å². The summed E-state index contributed by atoms with van der Waals surface area (Å²) in [5, 5.41) is 9.49. The second kappa shape index (κ2) is 31.4. The molecule has 0 saturated heterocycles. The lowest BCUT2D eigenvalue weighted by molar-refractivity contribution is -0.161. The molecule has 0 rings (SSSR count). The summed E-state index contributed by atoms with van der Waals surface area (Å²) in [7, 11) is 0. The number of hydrogen-bond acceptors (Lipinski definition) is 5. The van der Waals surface area contributed by atoms with Gasteiger partial charge in [0.25, 0.3) is 0 Å². The second-order valence-electron chi connectivity index (χ2n) is 11.6. The molecule has 0 heterocycles. The van der Waals surface area contributed by atoms with Gasteiger partial charge in [-0.3, -0.25) is 9.59 Å². The monoisotopic (exact) mass is 554 g/mol. The lowest BCUT2D eigenvalue weighted by Gasteiger charge is -2.15. The van der Waals surface area contributed by atoms with Crippen LogP contribution in [0.2, 0.25) is 0 Å². The van der Waals surface area contributed by atoms with Gasteiger partial charge >= 0.3 is 11.9 Å². The summed E-state index contributed by atoms with van der Waals surface area (Å²) in [6.45, 7) is 4.13. The SMILES string of the molecule is CCCCCCCCCCCCCCCCCC(=O)O[C@@H](CO)COC(=O)CCCCCCCCCCCC. The topological polar surface area (TPSA) is 72.8 Å². The summed E-state index contributed by atoms with van der Waals surface area (Å²) in [6, 6.07) is 0. The van der Waals surface area contributed by atoms with Gasteiger partial charge in [-0.2, -0.15) is 0 Å². The van der Waals surface area contributed by atoms with Gasteiger partial charge in [0.15, 0.2) is 6.10 Å². The van der Waals surface area contributed by atoms with Crippen molar-refractivity contribution in [2.75, 3.05) is 13.2 Å². The van der Waals surface area contributed by atoms with Gasteiger partial charge in [-0.05, 0) is 12.8 Å². The van der Waals surface area contributed by atoms with Crippen molar-refractivity contribution in [3.63, 3.8) is 0 Å². The lowest BCUT2D eigenvalue weighted by Crippen LogP contribution is -2.28. The van der Waals surface area contributed by atoms with Crippen LogP contribution in [0, 0.1) is 0 Å². The molecule has 5 heteroatoms. The third kappa shape index (κ3) is 29.7. The predicted molar refractivity (Wildman–Crippen MR) is 164 cm³/mol. The molecule has 1 N–H and O–H groups in total. The molecule has 0 fully saturated rings. The first kappa shape index (κ1) is 37.9. The molecule has 0 bridgehead atoms. The largest absolute Gasteiger partial charge is 0.462 e. The molecule has 0 spiro atoms. The van der Waals surface area contributed by atoms with Crippen molar-refractivity contribution >= 4 is 11.9 Å². The van der Waals surface area contributed by atoms with Crippen molar-refractivity contribution in [2.24, 2.45) is 0 Å². The number of carbonyl (C=O) groups is 2. The molecule has 0 aliphatic rings. The number of aliphatic hydroxyl groups is 1. The van der Waals surface area contributed by atoms with Crippen LogP contribution >= 0.6 is 0 Å². The number of esters is 2. The van der Waals surface area contributed by atoms with Crippen LogP contribution in [-0.2, 0) is 19.1 Å². The van der Waals surface area contributed by atoms with Gasteiger partial charge in [0.2, 0.25) is 0 Å². The maximum atomic E-state index is 12.1. The molecule has 0 aliphatic heterocycles. The number of hydrogen-bond donors (Lipinski definition) is 1. The highest BCUT2D eigenvalue weighted by Gasteiger charge is 2.16. The van der Waals surface area contributed by atoms with E-state index in [0.29, 0.717) is 12.8 Å². The molecule has 0 unspecified atom stereocenters. The first-order valence-electron chi connectivity index (χ1n) is 17.1. The first-order chi connectivity index (χ1) is 19.1. The molecule has 0 aromatic rings. The Morgan fingerprint density at radius 3 is 1.13 bits per heavy atom. The fraction of sp³-hybridized carbons (Fsp3) is 0.941. The van der Waals surface area contributed by atoms with Crippen molar-refractivity contribution in [2.45, 2.75) is 193 Å². The summed E-state index contributed by atoms with van der Waals surface area (Å²) < 4.78 is 10.5. The Bertz CT molecular complexity index is 522. The molecule has 0 aliphatic carbocycles. The Labute approximate surface area is 242 Å². The minimum atomic E-state index is -0.759. The molecule has 0 saturated carbocycles. The van der Waals surface area contributed by atoms with Gasteiger partial charge in [-0.25, -0.2) is 0 Å². The third-order valence-electron chi connectivity index (χ3n) is 7.65. The zero-order chi connectivity index (χ0) is 28.7. The molecule has 0 radical (unpaired) electrons. The Morgan fingerprint density at radius 1 is 0.487 bits per heavy atom. The zero-order valence-electron chi connectivity index (χ0n) is 26.2. The van der Waals surface area contributed by atoms with E-state index >= 15 is 0 Å². The van der Waals surface area contributed by atoms with Gasteiger partial charge < -0.3 is 14.6 Å². The normalized spacial score (nSPS) is 12.0. The molecule has 5 nitrogen and oxygen atoms in total. The number of rotatable bonds is 31. The fourth-order valence-corrected chi connectivity index (χ4v) is 5.02. The Morgan fingerprint density at radius 2 is 0.795 bits per heavy atom. The summed E-state index contributed by atoms with van der Waals surface area (Å²) in [5.74, 6) is -0.582. The minimum absolute atomic E-state index is 0.0578. The van der Waals surface area contributed by atoms with Gasteiger partial charge in [-0.15, -0.1) is 0 Å². The fourth-order valence-electron chi connectivity index (χ4n) is 5.02. The highest BCUT2D eigenvalue weighted by atomic mass is 16.6. The van der Waals surface area contributed by atoms with E-state index in [-0.39, 0.29) is 25.2 Å². The van der Waals surface area contributed by atoms with Gasteiger partial charge in [0.05, 0.1) is 6.61 Å². The van der Waals surface area contributed by atoms with E-state index < -0.39 is 6.10 Å². The quantitative estimate of drug-likeness (QED) is 0.0681. The van der Waals surface area contributed by atoms with Crippen molar-refractivity contribution in [1.82, 2.24) is 0 Å². The van der Waals surface area contributed by atoms with Gasteiger partial charge in [0.1, 0.15) is 6.61 Å². The van der Waals surface area contributed by atoms with E-state index in [9.17, 15) is 14.7 Å². The molecular formula is C34H66O5. The average molecular weight is 555 g/mol. The van der Waals surface area contributed by atoms with Crippen molar-refractivity contribution < 1.29 is 24.2 Å². The van der Waals surface area contributed by atoms with Crippen molar-refractivity contribution in [3.8, 4) is 0 Å². The highest BCUT2D eigenvalue weighted by molar-refractivity contribution is 5.70. The van der Waals surface area contributed by atoms with Crippen LogP contribution in [0.3, 0.4) is 0 Å². The Balaban J connectivity index is 3.52. The standard InChI is InChI=1S/C34H66O5/c1-3-5-7-9-11-13-15-16-17-18-19-21-23-25-27-29-34(37)39-32(30-35)31-38-33(36)28-26-24-22-20-14-12-10-8-6-4-2/h32,35H,3-31H2,1-2H3/t32-/m0/s1. The van der Waals surface area contributed by atoms with Gasteiger partial charge in [-0.1, -0.05) is 162 Å². The second-order valence-corrected chi connectivity index (χ2v) is 11.6. The molecule has 39 heavy (non-hydrogen) atoms. The maximum absolute atomic E-state index is 12.1. The minimum Gasteiger partial charge on any atom is -0.462 e. The number of carbonyl (C=O) groups excluding carboxylic acids is 2. The van der Waals surface area contributed by atoms with E-state index in [1.807, 2.05) is 0 Å². The van der Waals surface area contributed by atoms with Crippen LogP contribution < -0.4 is 0 Å². The van der Waals surface area contributed by atoms with E-state index in [1.54, 1.807) is 0 Å². The smallest absolute Gasteiger partial charge is 0.306 e. The average Bonchev–Trinajstić information content (AvgIpc) is 2.94. The van der Waals surface area contributed by atoms with E-state index in [2.05, 4.69) is 13.8 Å². The summed E-state index contributed by atoms with van der Waals surface area (Å²) in [4.78, 5) is 24.1. The summed E-state index contributed by atoms with van der Waals surface area (Å²) in [6.07, 6.45) is 31.5. The number of ether oxygens (including phenoxy) is 2. The van der Waals surface area contributed by atoms with Crippen molar-refractivity contribution in [1.29, 1.82) is 0 Å². The first-order valence-corrected chi connectivity index (χ1v) is 17.1. The van der Waals surface area contributed by atoms with Crippen LogP contribution in [0.25, 0.3) is 0 Å². The Hall–Kier alpha value is -1.10. The van der Waals surface area contributed by atoms with Crippen molar-refractivity contribution in [3.05, 3.63) is 0 Å². The molecule has 0 amide bonds. The lowest BCUT2D eigenvalue weighted by atomic mass is 10.0. The summed E-state index contributed by atoms with van der Waals surface area (Å²) in [5.41, 5.74) is 0. The molecular weight excluding hydrogens is 488 g/mol. The highest BCUT2D eigenvalue weighted by Crippen LogP contribution is 2.14. The predicted octanol–water partition coefficient (Wildman–Crippen LogP) is 10.0.